The molecule has 0 aliphatic heterocycles. The molecule has 0 aromatic carbocycles. The van der Waals surface area contributed by atoms with Gasteiger partial charge in [0.15, 0.2) is 0 Å². The fraction of sp³-hybridized carbons (Fsp3) is 0.895. The van der Waals surface area contributed by atoms with Crippen LogP contribution in [-0.2, 0) is 0 Å². The summed E-state index contributed by atoms with van der Waals surface area (Å²) in [6.07, 6.45) is 15.4. The summed E-state index contributed by atoms with van der Waals surface area (Å²) in [6, 6.07) is 0. The van der Waals surface area contributed by atoms with Crippen LogP contribution in [-0.4, -0.2) is 11.2 Å². The average Bonchev–Trinajstić information content (AvgIpc) is 2.74. The highest BCUT2D eigenvalue weighted by Crippen LogP contribution is 2.65. The smallest absolute Gasteiger partial charge is 0.0596 e. The normalized spacial score (nSPS) is 57.9. The van der Waals surface area contributed by atoms with Gasteiger partial charge in [-0.05, 0) is 85.9 Å². The highest BCUT2D eigenvalue weighted by Gasteiger charge is 2.59. The molecule has 1 nitrogen and oxygen atoms in total. The van der Waals surface area contributed by atoms with Crippen LogP contribution in [0.1, 0.15) is 65.2 Å². The largest absolute Gasteiger partial charge is 0.393 e. The zero-order chi connectivity index (χ0) is 14.0. The van der Waals surface area contributed by atoms with Crippen molar-refractivity contribution in [2.75, 3.05) is 0 Å². The lowest BCUT2D eigenvalue weighted by molar-refractivity contribution is -0.104. The van der Waals surface area contributed by atoms with Gasteiger partial charge in [-0.1, -0.05) is 26.0 Å². The molecule has 4 rings (SSSR count). The van der Waals surface area contributed by atoms with Crippen LogP contribution in [0.25, 0.3) is 0 Å². The molecule has 4 aliphatic carbocycles. The van der Waals surface area contributed by atoms with Crippen molar-refractivity contribution >= 4 is 0 Å². The third-order valence-electron chi connectivity index (χ3n) is 8.11. The minimum Gasteiger partial charge on any atom is -0.393 e. The number of aliphatic hydroxyl groups is 1. The van der Waals surface area contributed by atoms with E-state index in [4.69, 9.17) is 0 Å². The van der Waals surface area contributed by atoms with E-state index < -0.39 is 0 Å². The topological polar surface area (TPSA) is 20.2 Å². The zero-order valence-corrected chi connectivity index (χ0v) is 13.1. The third-order valence-corrected chi connectivity index (χ3v) is 8.11. The Balaban J connectivity index is 1.67. The lowest BCUT2D eigenvalue weighted by atomic mass is 9.46. The Morgan fingerprint density at radius 3 is 2.55 bits per heavy atom. The Morgan fingerprint density at radius 2 is 1.70 bits per heavy atom. The van der Waals surface area contributed by atoms with Gasteiger partial charge < -0.3 is 5.11 Å². The molecule has 0 unspecified atom stereocenters. The van der Waals surface area contributed by atoms with Crippen LogP contribution in [0, 0.1) is 34.5 Å². The first-order valence-corrected chi connectivity index (χ1v) is 8.90. The highest BCUT2D eigenvalue weighted by molar-refractivity contribution is 5.13. The minimum absolute atomic E-state index is 0.0229. The van der Waals surface area contributed by atoms with Gasteiger partial charge in [0.05, 0.1) is 6.10 Å². The average molecular weight is 274 g/mol. The number of aliphatic hydroxyl groups excluding tert-OH is 1. The van der Waals surface area contributed by atoms with Crippen molar-refractivity contribution in [3.05, 3.63) is 12.2 Å². The maximum atomic E-state index is 10.5. The second-order valence-electron chi connectivity index (χ2n) is 8.67. The van der Waals surface area contributed by atoms with Crippen molar-refractivity contribution in [1.29, 1.82) is 0 Å². The first-order chi connectivity index (χ1) is 9.56. The number of allylic oxidation sites excluding steroid dienone is 2. The summed E-state index contributed by atoms with van der Waals surface area (Å²) in [7, 11) is 0. The SMILES string of the molecule is C[C@]12CCC=C[C@H]1CC[C@H]1[C@H]2CC[C@]2(C)[C@@H](O)CC[C@@H]12. The molecule has 112 valence electrons. The Morgan fingerprint density at radius 1 is 0.900 bits per heavy atom. The van der Waals surface area contributed by atoms with E-state index in [1.807, 2.05) is 0 Å². The number of hydrogen-bond acceptors (Lipinski definition) is 1. The van der Waals surface area contributed by atoms with Crippen molar-refractivity contribution in [3.63, 3.8) is 0 Å². The third kappa shape index (κ3) is 1.59. The highest BCUT2D eigenvalue weighted by atomic mass is 16.3. The van der Waals surface area contributed by atoms with Crippen LogP contribution in [0.2, 0.25) is 0 Å². The predicted molar refractivity (Wildman–Crippen MR) is 82.3 cm³/mol. The Hall–Kier alpha value is -0.300. The van der Waals surface area contributed by atoms with Crippen LogP contribution in [0.3, 0.4) is 0 Å². The van der Waals surface area contributed by atoms with Gasteiger partial charge in [0, 0.05) is 0 Å². The summed E-state index contributed by atoms with van der Waals surface area (Å²) < 4.78 is 0. The molecule has 0 aromatic heterocycles. The summed E-state index contributed by atoms with van der Waals surface area (Å²) in [4.78, 5) is 0. The van der Waals surface area contributed by atoms with Crippen LogP contribution < -0.4 is 0 Å². The summed E-state index contributed by atoms with van der Waals surface area (Å²) in [5.74, 6) is 3.47. The fourth-order valence-corrected chi connectivity index (χ4v) is 6.80. The van der Waals surface area contributed by atoms with Gasteiger partial charge in [0.2, 0.25) is 0 Å². The lowest BCUT2D eigenvalue weighted by Crippen LogP contribution is -2.52. The zero-order valence-electron chi connectivity index (χ0n) is 13.1. The predicted octanol–water partition coefficient (Wildman–Crippen LogP) is 4.56. The van der Waals surface area contributed by atoms with Gasteiger partial charge in [-0.3, -0.25) is 0 Å². The summed E-state index contributed by atoms with van der Waals surface area (Å²) in [5.41, 5.74) is 0.807. The number of fused-ring (bicyclic) bond motifs is 5. The first kappa shape index (κ1) is 13.4. The van der Waals surface area contributed by atoms with Gasteiger partial charge in [-0.2, -0.15) is 0 Å². The second kappa shape index (κ2) is 4.35. The molecule has 1 N–H and O–H groups in total. The maximum absolute atomic E-state index is 10.5. The lowest BCUT2D eigenvalue weighted by Gasteiger charge is -2.59. The van der Waals surface area contributed by atoms with E-state index in [9.17, 15) is 5.11 Å². The Bertz CT molecular complexity index is 427. The molecule has 3 saturated carbocycles. The van der Waals surface area contributed by atoms with Gasteiger partial charge in [0.1, 0.15) is 0 Å². The first-order valence-electron chi connectivity index (χ1n) is 8.90. The van der Waals surface area contributed by atoms with E-state index in [0.29, 0.717) is 5.41 Å². The molecule has 0 heterocycles. The van der Waals surface area contributed by atoms with Crippen molar-refractivity contribution in [2.45, 2.75) is 71.3 Å². The molecule has 20 heavy (non-hydrogen) atoms. The quantitative estimate of drug-likeness (QED) is 0.642. The van der Waals surface area contributed by atoms with E-state index in [1.165, 1.54) is 44.9 Å². The van der Waals surface area contributed by atoms with Gasteiger partial charge >= 0.3 is 0 Å². The molecular weight excluding hydrogens is 244 g/mol. The van der Waals surface area contributed by atoms with E-state index in [-0.39, 0.29) is 11.5 Å². The molecule has 0 aromatic rings. The van der Waals surface area contributed by atoms with Crippen LogP contribution in [0.4, 0.5) is 0 Å². The van der Waals surface area contributed by atoms with Gasteiger partial charge in [-0.25, -0.2) is 0 Å². The number of hydrogen-bond donors (Lipinski definition) is 1. The van der Waals surface area contributed by atoms with Crippen molar-refractivity contribution in [2.24, 2.45) is 34.5 Å². The van der Waals surface area contributed by atoms with Crippen molar-refractivity contribution in [3.8, 4) is 0 Å². The minimum atomic E-state index is -0.0229. The monoisotopic (exact) mass is 274 g/mol. The van der Waals surface area contributed by atoms with Crippen molar-refractivity contribution in [1.82, 2.24) is 0 Å². The van der Waals surface area contributed by atoms with Crippen LogP contribution in [0.15, 0.2) is 12.2 Å². The standard InChI is InChI=1S/C19H30O/c1-18-11-4-3-5-13(18)6-7-14-15-8-9-17(20)19(15,2)12-10-16(14)18/h3,5,13-17,20H,4,6-12H2,1-2H3/t13-,14+,15-,16+,17-,18-,19-/m0/s1. The molecule has 4 aliphatic rings. The fourth-order valence-electron chi connectivity index (χ4n) is 6.80. The Kier molecular flexibility index (Phi) is 2.91. The molecule has 0 bridgehead atoms. The van der Waals surface area contributed by atoms with E-state index >= 15 is 0 Å². The van der Waals surface area contributed by atoms with E-state index in [0.717, 1.165) is 30.1 Å². The molecular formula is C19H30O. The number of rotatable bonds is 0. The van der Waals surface area contributed by atoms with Crippen LogP contribution >= 0.6 is 0 Å². The summed E-state index contributed by atoms with van der Waals surface area (Å²) >= 11 is 0. The second-order valence-corrected chi connectivity index (χ2v) is 8.67. The molecule has 0 spiro atoms. The molecule has 0 radical (unpaired) electrons. The van der Waals surface area contributed by atoms with Gasteiger partial charge in [-0.15, -0.1) is 0 Å². The molecule has 0 saturated heterocycles. The van der Waals surface area contributed by atoms with Crippen molar-refractivity contribution < 1.29 is 5.11 Å². The Labute approximate surface area is 123 Å². The molecule has 3 fully saturated rings. The maximum Gasteiger partial charge on any atom is 0.0596 e. The van der Waals surface area contributed by atoms with E-state index in [1.54, 1.807) is 0 Å². The summed E-state index contributed by atoms with van der Waals surface area (Å²) in [6.45, 7) is 4.98. The molecule has 7 atom stereocenters. The summed E-state index contributed by atoms with van der Waals surface area (Å²) in [5, 5.41) is 10.5. The van der Waals surface area contributed by atoms with E-state index in [2.05, 4.69) is 26.0 Å². The molecule has 0 amide bonds. The van der Waals surface area contributed by atoms with Gasteiger partial charge in [0.25, 0.3) is 0 Å². The molecule has 1 heteroatoms. The van der Waals surface area contributed by atoms with Crippen LogP contribution in [0.5, 0.6) is 0 Å².